The quantitative estimate of drug-likeness (QED) is 0.393. The summed E-state index contributed by atoms with van der Waals surface area (Å²) in [6.45, 7) is 6.33. The Balaban J connectivity index is 1.52. The molecule has 3 aromatic rings. The molecule has 1 aliphatic heterocycles. The fourth-order valence-electron chi connectivity index (χ4n) is 5.22. The maximum absolute atomic E-state index is 12.8. The molecule has 0 amide bonds. The highest BCUT2D eigenvalue weighted by atomic mass is 32.2. The van der Waals surface area contributed by atoms with Crippen molar-refractivity contribution in [3.8, 4) is 11.5 Å². The Morgan fingerprint density at radius 3 is 2.11 bits per heavy atom. The minimum Gasteiger partial charge on any atom is -0.493 e. The molecule has 3 aromatic carbocycles. The van der Waals surface area contributed by atoms with Crippen LogP contribution in [0.4, 0.5) is 5.69 Å². The lowest BCUT2D eigenvalue weighted by atomic mass is 9.73. The number of nitrogens with zero attached hydrogens (tertiary/aromatic N) is 1. The molecule has 0 saturated heterocycles. The van der Waals surface area contributed by atoms with Crippen molar-refractivity contribution in [3.05, 3.63) is 94.1 Å². The SMILES string of the molecule is COc1cc2c(cc1OC)[C@@H]1CC(C)=C(C)C[C@H]1N=C2c1ccc(NS(=O)(=O)c2ccc(C)cc2)cc1. The number of aryl methyl sites for hydroxylation is 1. The first-order valence-electron chi connectivity index (χ1n) is 12.4. The van der Waals surface area contributed by atoms with Crippen LogP contribution in [0.15, 0.2) is 81.7 Å². The van der Waals surface area contributed by atoms with Crippen molar-refractivity contribution in [2.75, 3.05) is 18.9 Å². The Morgan fingerprint density at radius 1 is 0.838 bits per heavy atom. The first-order valence-corrected chi connectivity index (χ1v) is 13.9. The van der Waals surface area contributed by atoms with E-state index in [2.05, 4.69) is 24.6 Å². The van der Waals surface area contributed by atoms with Gasteiger partial charge in [-0.3, -0.25) is 9.71 Å². The van der Waals surface area contributed by atoms with Crippen LogP contribution in [0.3, 0.4) is 0 Å². The lowest BCUT2D eigenvalue weighted by Gasteiger charge is -2.37. The summed E-state index contributed by atoms with van der Waals surface area (Å²) < 4.78 is 39.6. The van der Waals surface area contributed by atoms with E-state index >= 15 is 0 Å². The molecule has 1 N–H and O–H groups in total. The van der Waals surface area contributed by atoms with Crippen LogP contribution in [-0.2, 0) is 10.0 Å². The number of nitrogens with one attached hydrogen (secondary N) is 1. The molecule has 0 fully saturated rings. The van der Waals surface area contributed by atoms with Crippen LogP contribution < -0.4 is 14.2 Å². The summed E-state index contributed by atoms with van der Waals surface area (Å²) in [7, 11) is -0.380. The van der Waals surface area contributed by atoms with Crippen LogP contribution in [0.25, 0.3) is 0 Å². The number of ether oxygens (including phenoxy) is 2. The topological polar surface area (TPSA) is 77.0 Å². The van der Waals surface area contributed by atoms with E-state index in [9.17, 15) is 8.42 Å². The molecule has 1 heterocycles. The summed E-state index contributed by atoms with van der Waals surface area (Å²) in [6.07, 6.45) is 1.89. The zero-order chi connectivity index (χ0) is 26.3. The number of rotatable bonds is 6. The summed E-state index contributed by atoms with van der Waals surface area (Å²) in [5, 5.41) is 0. The number of hydrogen-bond acceptors (Lipinski definition) is 5. The summed E-state index contributed by atoms with van der Waals surface area (Å²) >= 11 is 0. The number of hydrogen-bond donors (Lipinski definition) is 1. The molecule has 7 heteroatoms. The van der Waals surface area contributed by atoms with Crippen LogP contribution in [0.1, 0.15) is 54.9 Å². The summed E-state index contributed by atoms with van der Waals surface area (Å²) in [6, 6.07) is 18.5. The molecule has 0 saturated carbocycles. The molecule has 2 aliphatic rings. The Kier molecular flexibility index (Phi) is 6.58. The molecule has 0 radical (unpaired) electrons. The molecule has 37 heavy (non-hydrogen) atoms. The summed E-state index contributed by atoms with van der Waals surface area (Å²) in [4.78, 5) is 5.47. The van der Waals surface area contributed by atoms with Gasteiger partial charge < -0.3 is 9.47 Å². The molecule has 192 valence electrons. The molecule has 1 aliphatic carbocycles. The van der Waals surface area contributed by atoms with E-state index in [1.807, 2.05) is 25.1 Å². The van der Waals surface area contributed by atoms with Crippen LogP contribution in [0, 0.1) is 6.92 Å². The molecule has 6 nitrogen and oxygen atoms in total. The fourth-order valence-corrected chi connectivity index (χ4v) is 6.28. The van der Waals surface area contributed by atoms with Gasteiger partial charge in [0.2, 0.25) is 0 Å². The van der Waals surface area contributed by atoms with Crippen molar-refractivity contribution < 1.29 is 17.9 Å². The van der Waals surface area contributed by atoms with Gasteiger partial charge in [-0.25, -0.2) is 8.42 Å². The third-order valence-corrected chi connectivity index (χ3v) is 8.88. The molecule has 0 bridgehead atoms. The number of sulfonamides is 1. The van der Waals surface area contributed by atoms with Gasteiger partial charge in [-0.15, -0.1) is 0 Å². The van der Waals surface area contributed by atoms with Crippen molar-refractivity contribution in [3.63, 3.8) is 0 Å². The molecular formula is C30H32N2O4S. The maximum Gasteiger partial charge on any atom is 0.261 e. The van der Waals surface area contributed by atoms with Gasteiger partial charge in [0.15, 0.2) is 11.5 Å². The highest BCUT2D eigenvalue weighted by Gasteiger charge is 2.36. The van der Waals surface area contributed by atoms with Gasteiger partial charge >= 0.3 is 0 Å². The smallest absolute Gasteiger partial charge is 0.261 e. The highest BCUT2D eigenvalue weighted by Crippen LogP contribution is 2.46. The van der Waals surface area contributed by atoms with E-state index in [1.165, 1.54) is 16.7 Å². The first-order chi connectivity index (χ1) is 17.7. The predicted molar refractivity (Wildman–Crippen MR) is 148 cm³/mol. The van der Waals surface area contributed by atoms with Gasteiger partial charge in [0.1, 0.15) is 0 Å². The second kappa shape index (κ2) is 9.71. The van der Waals surface area contributed by atoms with Gasteiger partial charge in [0.25, 0.3) is 10.0 Å². The third kappa shape index (κ3) is 4.76. The van der Waals surface area contributed by atoms with E-state index in [0.29, 0.717) is 17.2 Å². The van der Waals surface area contributed by atoms with Crippen molar-refractivity contribution >= 4 is 21.4 Å². The standard InChI is InChI=1S/C30H32N2O4S/c1-18-6-12-23(13-7-18)37(33,34)32-22-10-8-21(9-11-22)30-26-17-29(36-5)28(35-4)16-24(26)25-14-19(2)20(3)15-27(25)31-30/h6-13,16-17,25,27,32H,14-15H2,1-5H3/t25-,27+/m0/s1. The second-order valence-electron chi connectivity index (χ2n) is 9.91. The molecule has 0 aromatic heterocycles. The number of aliphatic imine (C=N–C) groups is 1. The zero-order valence-corrected chi connectivity index (χ0v) is 22.6. The third-order valence-electron chi connectivity index (χ3n) is 7.48. The minimum atomic E-state index is -3.68. The normalized spacial score (nSPS) is 19.0. The zero-order valence-electron chi connectivity index (χ0n) is 21.8. The van der Waals surface area contributed by atoms with Gasteiger partial charge in [0.05, 0.1) is 30.9 Å². The number of allylic oxidation sites excluding steroid dienone is 1. The summed E-state index contributed by atoms with van der Waals surface area (Å²) in [5.74, 6) is 1.66. The average molecular weight is 517 g/mol. The van der Waals surface area contributed by atoms with Crippen molar-refractivity contribution in [1.82, 2.24) is 0 Å². The Morgan fingerprint density at radius 2 is 1.46 bits per heavy atom. The van der Waals surface area contributed by atoms with Crippen molar-refractivity contribution in [1.29, 1.82) is 0 Å². The Bertz CT molecular complexity index is 1500. The van der Waals surface area contributed by atoms with E-state index in [1.54, 1.807) is 50.6 Å². The number of methoxy groups -OCH3 is 2. The summed E-state index contributed by atoms with van der Waals surface area (Å²) in [5.41, 5.74) is 8.37. The van der Waals surface area contributed by atoms with Gasteiger partial charge in [0, 0.05) is 22.7 Å². The van der Waals surface area contributed by atoms with Crippen molar-refractivity contribution in [2.24, 2.45) is 4.99 Å². The molecule has 0 unspecified atom stereocenters. The van der Waals surface area contributed by atoms with Crippen LogP contribution in [0.5, 0.6) is 11.5 Å². The second-order valence-corrected chi connectivity index (χ2v) is 11.6. The van der Waals surface area contributed by atoms with Crippen LogP contribution in [0.2, 0.25) is 0 Å². The molecule has 5 rings (SSSR count). The van der Waals surface area contributed by atoms with E-state index in [4.69, 9.17) is 14.5 Å². The van der Waals surface area contributed by atoms with Crippen LogP contribution >= 0.6 is 0 Å². The molecular weight excluding hydrogens is 484 g/mol. The lowest BCUT2D eigenvalue weighted by Crippen LogP contribution is -2.30. The Hall–Kier alpha value is -3.58. The minimum absolute atomic E-state index is 0.143. The van der Waals surface area contributed by atoms with E-state index in [0.717, 1.165) is 35.2 Å². The maximum atomic E-state index is 12.8. The molecule has 0 spiro atoms. The fraction of sp³-hybridized carbons (Fsp3) is 0.300. The van der Waals surface area contributed by atoms with E-state index in [-0.39, 0.29) is 16.9 Å². The lowest BCUT2D eigenvalue weighted by molar-refractivity contribution is 0.353. The number of benzene rings is 3. The van der Waals surface area contributed by atoms with Gasteiger partial charge in [-0.2, -0.15) is 0 Å². The number of fused-ring (bicyclic) bond motifs is 3. The largest absolute Gasteiger partial charge is 0.493 e. The predicted octanol–water partition coefficient (Wildman–Crippen LogP) is 6.25. The average Bonchev–Trinajstić information content (AvgIpc) is 2.89. The first kappa shape index (κ1) is 25.1. The van der Waals surface area contributed by atoms with Gasteiger partial charge in [-0.1, -0.05) is 41.0 Å². The number of anilines is 1. The Labute approximate surface area is 219 Å². The van der Waals surface area contributed by atoms with Crippen molar-refractivity contribution in [2.45, 2.75) is 50.5 Å². The monoisotopic (exact) mass is 516 g/mol. The molecule has 2 atom stereocenters. The highest BCUT2D eigenvalue weighted by molar-refractivity contribution is 7.92. The van der Waals surface area contributed by atoms with Crippen LogP contribution in [-0.4, -0.2) is 34.4 Å². The van der Waals surface area contributed by atoms with E-state index < -0.39 is 10.0 Å². The van der Waals surface area contributed by atoms with Gasteiger partial charge in [-0.05, 0) is 75.6 Å².